The molecule has 0 bridgehead atoms. The van der Waals surface area contributed by atoms with Crippen LogP contribution in [-0.4, -0.2) is 32.9 Å². The van der Waals surface area contributed by atoms with Crippen molar-refractivity contribution in [1.82, 2.24) is 25.1 Å². The van der Waals surface area contributed by atoms with E-state index in [1.807, 2.05) is 0 Å². The number of nitrogens with zero attached hydrogens (tertiary/aromatic N) is 4. The molecule has 1 aliphatic heterocycles. The third kappa shape index (κ3) is 1.47. The van der Waals surface area contributed by atoms with E-state index in [1.165, 1.54) is 11.3 Å². The summed E-state index contributed by atoms with van der Waals surface area (Å²) < 4.78 is 1.79. The van der Waals surface area contributed by atoms with E-state index >= 15 is 0 Å². The van der Waals surface area contributed by atoms with E-state index in [2.05, 4.69) is 20.6 Å². The van der Waals surface area contributed by atoms with Gasteiger partial charge in [-0.05, 0) is 25.9 Å². The van der Waals surface area contributed by atoms with Crippen LogP contribution >= 0.6 is 11.3 Å². The summed E-state index contributed by atoms with van der Waals surface area (Å²) in [5.41, 5.74) is 5.64. The third-order valence-electron chi connectivity index (χ3n) is 2.73. The fraction of sp³-hybridized carbons (Fsp3) is 0.625. The minimum atomic E-state index is 0.461. The molecule has 0 amide bonds. The number of hydrogen-bond donors (Lipinski definition) is 2. The van der Waals surface area contributed by atoms with Gasteiger partial charge in [0.25, 0.3) is 0 Å². The smallest absolute Gasteiger partial charge is 0.236 e. The summed E-state index contributed by atoms with van der Waals surface area (Å²) in [5.74, 6) is 1.42. The maximum absolute atomic E-state index is 5.64. The van der Waals surface area contributed by atoms with Crippen molar-refractivity contribution in [2.75, 3.05) is 18.8 Å². The Morgan fingerprint density at radius 3 is 2.93 bits per heavy atom. The lowest BCUT2D eigenvalue weighted by Gasteiger charge is -2.20. The van der Waals surface area contributed by atoms with Crippen molar-refractivity contribution in [2.24, 2.45) is 0 Å². The number of piperidine rings is 1. The second kappa shape index (κ2) is 3.42. The van der Waals surface area contributed by atoms with E-state index in [0.717, 1.165) is 36.7 Å². The lowest BCUT2D eigenvalue weighted by atomic mass is 9.98. The number of nitrogens with two attached hydrogens (primary N) is 1. The number of nitrogen functional groups attached to an aromatic ring is 1. The van der Waals surface area contributed by atoms with Gasteiger partial charge in [-0.2, -0.15) is 4.52 Å². The summed E-state index contributed by atoms with van der Waals surface area (Å²) in [7, 11) is 0. The standard InChI is InChI=1S/C8H12N6S/c9-7-13-14-6(11-12-8(14)15-7)5-1-3-10-4-2-5/h5,10H,1-4H2,(H2,9,13). The van der Waals surface area contributed by atoms with Crippen LogP contribution in [0.15, 0.2) is 0 Å². The van der Waals surface area contributed by atoms with Crippen molar-refractivity contribution in [1.29, 1.82) is 0 Å². The van der Waals surface area contributed by atoms with Gasteiger partial charge < -0.3 is 11.1 Å². The molecule has 0 spiro atoms. The Balaban J connectivity index is 2.01. The van der Waals surface area contributed by atoms with E-state index in [9.17, 15) is 0 Å². The van der Waals surface area contributed by atoms with Crippen LogP contribution < -0.4 is 11.1 Å². The first-order valence-corrected chi connectivity index (χ1v) is 5.84. The Morgan fingerprint density at radius 1 is 1.33 bits per heavy atom. The van der Waals surface area contributed by atoms with Crippen LogP contribution in [0.4, 0.5) is 5.13 Å². The Labute approximate surface area is 90.5 Å². The van der Waals surface area contributed by atoms with Gasteiger partial charge in [0.2, 0.25) is 10.1 Å². The number of hydrogen-bond acceptors (Lipinski definition) is 6. The van der Waals surface area contributed by atoms with Crippen LogP contribution in [0.25, 0.3) is 4.96 Å². The molecule has 0 saturated carbocycles. The minimum absolute atomic E-state index is 0.461. The zero-order valence-electron chi connectivity index (χ0n) is 8.18. The molecule has 0 atom stereocenters. The number of fused-ring (bicyclic) bond motifs is 1. The van der Waals surface area contributed by atoms with Gasteiger partial charge in [0, 0.05) is 5.92 Å². The average molecular weight is 224 g/mol. The Bertz CT molecular complexity index is 468. The highest BCUT2D eigenvalue weighted by Crippen LogP contribution is 2.25. The zero-order valence-corrected chi connectivity index (χ0v) is 9.00. The molecule has 3 N–H and O–H groups in total. The Hall–Kier alpha value is -1.21. The molecular weight excluding hydrogens is 212 g/mol. The molecule has 2 aromatic heterocycles. The molecule has 6 nitrogen and oxygen atoms in total. The number of rotatable bonds is 1. The summed E-state index contributed by atoms with van der Waals surface area (Å²) >= 11 is 1.38. The summed E-state index contributed by atoms with van der Waals surface area (Å²) in [4.78, 5) is 0.793. The Kier molecular flexibility index (Phi) is 2.06. The molecule has 3 rings (SSSR count). The lowest BCUT2D eigenvalue weighted by Crippen LogP contribution is -2.27. The topological polar surface area (TPSA) is 81.1 Å². The molecule has 0 aromatic carbocycles. The largest absolute Gasteiger partial charge is 0.374 e. The average Bonchev–Trinajstić information content (AvgIpc) is 2.77. The molecule has 1 saturated heterocycles. The monoisotopic (exact) mass is 224 g/mol. The minimum Gasteiger partial charge on any atom is -0.374 e. The first-order chi connectivity index (χ1) is 7.34. The van der Waals surface area contributed by atoms with Gasteiger partial charge >= 0.3 is 0 Å². The van der Waals surface area contributed by atoms with Crippen LogP contribution in [0.3, 0.4) is 0 Å². The maximum atomic E-state index is 5.64. The van der Waals surface area contributed by atoms with Gasteiger partial charge in [0.05, 0.1) is 0 Å². The van der Waals surface area contributed by atoms with E-state index in [4.69, 9.17) is 5.73 Å². The highest BCUT2D eigenvalue weighted by molar-refractivity contribution is 7.20. The van der Waals surface area contributed by atoms with Crippen molar-refractivity contribution in [3.05, 3.63) is 5.82 Å². The maximum Gasteiger partial charge on any atom is 0.236 e. The number of nitrogens with one attached hydrogen (secondary N) is 1. The van der Waals surface area contributed by atoms with Gasteiger partial charge in [-0.15, -0.1) is 15.3 Å². The molecule has 15 heavy (non-hydrogen) atoms. The summed E-state index contributed by atoms with van der Waals surface area (Å²) in [6.45, 7) is 2.08. The molecule has 1 aliphatic rings. The highest BCUT2D eigenvalue weighted by atomic mass is 32.1. The lowest BCUT2D eigenvalue weighted by molar-refractivity contribution is 0.439. The van der Waals surface area contributed by atoms with Crippen LogP contribution in [-0.2, 0) is 0 Å². The fourth-order valence-electron chi connectivity index (χ4n) is 1.98. The van der Waals surface area contributed by atoms with E-state index < -0.39 is 0 Å². The molecule has 0 radical (unpaired) electrons. The van der Waals surface area contributed by atoms with E-state index in [0.29, 0.717) is 11.0 Å². The number of aromatic nitrogens is 4. The van der Waals surface area contributed by atoms with Crippen molar-refractivity contribution >= 4 is 21.4 Å². The zero-order chi connectivity index (χ0) is 10.3. The first-order valence-electron chi connectivity index (χ1n) is 5.03. The molecule has 80 valence electrons. The number of anilines is 1. The molecule has 0 unspecified atom stereocenters. The van der Waals surface area contributed by atoms with Crippen LogP contribution in [0.2, 0.25) is 0 Å². The van der Waals surface area contributed by atoms with Gasteiger partial charge in [0.1, 0.15) is 0 Å². The normalized spacial score (nSPS) is 18.7. The predicted molar refractivity (Wildman–Crippen MR) is 57.9 cm³/mol. The molecule has 2 aromatic rings. The molecule has 0 aliphatic carbocycles. The third-order valence-corrected chi connectivity index (χ3v) is 3.46. The molecule has 3 heterocycles. The van der Waals surface area contributed by atoms with Crippen LogP contribution in [0, 0.1) is 0 Å². The first kappa shape index (κ1) is 9.05. The van der Waals surface area contributed by atoms with E-state index in [-0.39, 0.29) is 0 Å². The molecule has 1 fully saturated rings. The summed E-state index contributed by atoms with van der Waals surface area (Å²) in [6.07, 6.45) is 2.19. The van der Waals surface area contributed by atoms with Crippen molar-refractivity contribution in [3.63, 3.8) is 0 Å². The SMILES string of the molecule is Nc1nn2c(C3CCNCC3)nnc2s1. The summed E-state index contributed by atoms with van der Waals surface area (Å²) in [5, 5.41) is 16.4. The highest BCUT2D eigenvalue weighted by Gasteiger charge is 2.22. The molecular formula is C8H12N6S. The van der Waals surface area contributed by atoms with Gasteiger partial charge in [-0.1, -0.05) is 11.3 Å². The van der Waals surface area contributed by atoms with Crippen LogP contribution in [0.1, 0.15) is 24.6 Å². The van der Waals surface area contributed by atoms with Gasteiger partial charge in [-0.3, -0.25) is 0 Å². The van der Waals surface area contributed by atoms with Gasteiger partial charge in [0.15, 0.2) is 5.82 Å². The second-order valence-corrected chi connectivity index (χ2v) is 4.70. The predicted octanol–water partition coefficient (Wildman–Crippen LogP) is 0.235. The van der Waals surface area contributed by atoms with Crippen molar-refractivity contribution < 1.29 is 0 Å². The molecule has 7 heteroatoms. The van der Waals surface area contributed by atoms with Crippen LogP contribution in [0.5, 0.6) is 0 Å². The van der Waals surface area contributed by atoms with E-state index in [1.54, 1.807) is 4.52 Å². The Morgan fingerprint density at radius 2 is 2.13 bits per heavy atom. The van der Waals surface area contributed by atoms with Gasteiger partial charge in [-0.25, -0.2) is 0 Å². The quantitative estimate of drug-likeness (QED) is 0.725. The second-order valence-electron chi connectivity index (χ2n) is 3.72. The van der Waals surface area contributed by atoms with Crippen molar-refractivity contribution in [3.8, 4) is 0 Å². The summed E-state index contributed by atoms with van der Waals surface area (Å²) in [6, 6.07) is 0. The van der Waals surface area contributed by atoms with Crippen molar-refractivity contribution in [2.45, 2.75) is 18.8 Å². The fourth-order valence-corrected chi connectivity index (χ4v) is 2.59.